The fourth-order valence-corrected chi connectivity index (χ4v) is 1.39. The van der Waals surface area contributed by atoms with Crippen LogP contribution in [0.15, 0.2) is 0 Å². The molecule has 0 saturated heterocycles. The predicted octanol–water partition coefficient (Wildman–Crippen LogP) is 0.624. The summed E-state index contributed by atoms with van der Waals surface area (Å²) >= 11 is 0. The van der Waals surface area contributed by atoms with Crippen LogP contribution in [0.4, 0.5) is 0 Å². The molecule has 0 aliphatic rings. The van der Waals surface area contributed by atoms with Crippen LogP contribution in [0.2, 0.25) is 0 Å². The summed E-state index contributed by atoms with van der Waals surface area (Å²) < 4.78 is 10.3. The van der Waals surface area contributed by atoms with Crippen LogP contribution in [-0.2, 0) is 14.3 Å². The monoisotopic (exact) mass is 246 g/mol. The van der Waals surface area contributed by atoms with Crippen LogP contribution in [0, 0.1) is 0 Å². The SMILES string of the molecule is COCCCC(N)C(=O)N(C)CCOC(C)C. The molecule has 0 rings (SSSR count). The lowest BCUT2D eigenvalue weighted by atomic mass is 10.1. The van der Waals surface area contributed by atoms with E-state index in [1.54, 1.807) is 19.1 Å². The Kier molecular flexibility index (Phi) is 9.03. The third-order valence-corrected chi connectivity index (χ3v) is 2.43. The van der Waals surface area contributed by atoms with Crippen molar-refractivity contribution in [2.24, 2.45) is 5.73 Å². The molecule has 2 N–H and O–H groups in total. The highest BCUT2D eigenvalue weighted by Crippen LogP contribution is 1.99. The molecule has 1 atom stereocenters. The van der Waals surface area contributed by atoms with E-state index in [-0.39, 0.29) is 12.0 Å². The molecule has 5 heteroatoms. The van der Waals surface area contributed by atoms with Crippen LogP contribution in [0.5, 0.6) is 0 Å². The summed E-state index contributed by atoms with van der Waals surface area (Å²) in [5.74, 6) is -0.0338. The van der Waals surface area contributed by atoms with Gasteiger partial charge < -0.3 is 20.1 Å². The highest BCUT2D eigenvalue weighted by Gasteiger charge is 2.17. The molecular weight excluding hydrogens is 220 g/mol. The number of nitrogens with zero attached hydrogens (tertiary/aromatic N) is 1. The molecule has 5 nitrogen and oxygen atoms in total. The van der Waals surface area contributed by atoms with E-state index in [1.165, 1.54) is 0 Å². The molecule has 0 heterocycles. The fraction of sp³-hybridized carbons (Fsp3) is 0.917. The van der Waals surface area contributed by atoms with Crippen molar-refractivity contribution < 1.29 is 14.3 Å². The smallest absolute Gasteiger partial charge is 0.239 e. The van der Waals surface area contributed by atoms with Crippen LogP contribution < -0.4 is 5.73 Å². The summed E-state index contributed by atoms with van der Waals surface area (Å²) in [6.07, 6.45) is 1.65. The molecule has 0 spiro atoms. The Labute approximate surface area is 104 Å². The maximum atomic E-state index is 11.8. The van der Waals surface area contributed by atoms with Crippen LogP contribution in [0.3, 0.4) is 0 Å². The average Bonchev–Trinajstić information content (AvgIpc) is 2.27. The topological polar surface area (TPSA) is 64.8 Å². The Morgan fingerprint density at radius 3 is 2.53 bits per heavy atom. The zero-order chi connectivity index (χ0) is 13.3. The minimum atomic E-state index is -0.436. The summed E-state index contributed by atoms with van der Waals surface area (Å²) in [5, 5.41) is 0. The molecule has 1 unspecified atom stereocenters. The molecule has 0 aromatic carbocycles. The van der Waals surface area contributed by atoms with Crippen molar-refractivity contribution >= 4 is 5.91 Å². The van der Waals surface area contributed by atoms with Gasteiger partial charge >= 0.3 is 0 Å². The van der Waals surface area contributed by atoms with Crippen molar-refractivity contribution in [3.8, 4) is 0 Å². The van der Waals surface area contributed by atoms with Gasteiger partial charge in [0.1, 0.15) is 0 Å². The Balaban J connectivity index is 3.78. The quantitative estimate of drug-likeness (QED) is 0.606. The van der Waals surface area contributed by atoms with Crippen LogP contribution in [0.25, 0.3) is 0 Å². The van der Waals surface area contributed by atoms with Gasteiger partial charge in [-0.05, 0) is 26.7 Å². The fourth-order valence-electron chi connectivity index (χ4n) is 1.39. The molecule has 0 saturated carbocycles. The van der Waals surface area contributed by atoms with Crippen molar-refractivity contribution in [2.45, 2.75) is 38.8 Å². The van der Waals surface area contributed by atoms with Gasteiger partial charge in [0.25, 0.3) is 0 Å². The van der Waals surface area contributed by atoms with Crippen molar-refractivity contribution in [3.05, 3.63) is 0 Å². The first kappa shape index (κ1) is 16.4. The van der Waals surface area contributed by atoms with E-state index < -0.39 is 6.04 Å². The number of amides is 1. The van der Waals surface area contributed by atoms with E-state index in [4.69, 9.17) is 15.2 Å². The van der Waals surface area contributed by atoms with E-state index in [0.29, 0.717) is 26.2 Å². The minimum Gasteiger partial charge on any atom is -0.385 e. The van der Waals surface area contributed by atoms with Crippen molar-refractivity contribution in [3.63, 3.8) is 0 Å². The molecule has 17 heavy (non-hydrogen) atoms. The van der Waals surface area contributed by atoms with Gasteiger partial charge in [-0.1, -0.05) is 0 Å². The first-order chi connectivity index (χ1) is 7.99. The Morgan fingerprint density at radius 2 is 2.00 bits per heavy atom. The van der Waals surface area contributed by atoms with E-state index in [1.807, 2.05) is 13.8 Å². The number of nitrogens with two attached hydrogens (primary N) is 1. The second-order valence-corrected chi connectivity index (χ2v) is 4.42. The normalized spacial score (nSPS) is 12.8. The molecule has 0 aromatic rings. The first-order valence-electron chi connectivity index (χ1n) is 6.10. The number of ether oxygens (including phenoxy) is 2. The van der Waals surface area contributed by atoms with E-state index in [0.717, 1.165) is 6.42 Å². The molecule has 0 aromatic heterocycles. The van der Waals surface area contributed by atoms with Crippen LogP contribution in [-0.4, -0.2) is 56.9 Å². The number of methoxy groups -OCH3 is 1. The lowest BCUT2D eigenvalue weighted by molar-refractivity contribution is -0.132. The van der Waals surface area contributed by atoms with Crippen LogP contribution >= 0.6 is 0 Å². The second kappa shape index (κ2) is 9.39. The second-order valence-electron chi connectivity index (χ2n) is 4.42. The van der Waals surface area contributed by atoms with Crippen molar-refractivity contribution in [1.82, 2.24) is 4.90 Å². The minimum absolute atomic E-state index is 0.0338. The molecule has 0 bridgehead atoms. The maximum Gasteiger partial charge on any atom is 0.239 e. The summed E-state index contributed by atoms with van der Waals surface area (Å²) in [4.78, 5) is 13.4. The summed E-state index contributed by atoms with van der Waals surface area (Å²) in [6, 6.07) is -0.436. The number of hydrogen-bond acceptors (Lipinski definition) is 4. The van der Waals surface area contributed by atoms with E-state index in [9.17, 15) is 4.79 Å². The number of carbonyl (C=O) groups is 1. The van der Waals surface area contributed by atoms with Gasteiger partial charge in [0.2, 0.25) is 5.91 Å². The third kappa shape index (κ3) is 8.12. The number of carbonyl (C=O) groups excluding carboxylic acids is 1. The van der Waals surface area contributed by atoms with Gasteiger partial charge in [-0.2, -0.15) is 0 Å². The molecular formula is C12H26N2O3. The van der Waals surface area contributed by atoms with E-state index in [2.05, 4.69) is 0 Å². The zero-order valence-corrected chi connectivity index (χ0v) is 11.4. The number of hydrogen-bond donors (Lipinski definition) is 1. The van der Waals surface area contributed by atoms with E-state index >= 15 is 0 Å². The standard InChI is InChI=1S/C12H26N2O3/c1-10(2)17-9-7-14(3)12(15)11(13)6-5-8-16-4/h10-11H,5-9,13H2,1-4H3. The summed E-state index contributed by atoms with van der Waals surface area (Å²) in [6.45, 7) is 5.71. The summed E-state index contributed by atoms with van der Waals surface area (Å²) in [7, 11) is 3.39. The zero-order valence-electron chi connectivity index (χ0n) is 11.4. The lowest BCUT2D eigenvalue weighted by Crippen LogP contribution is -2.43. The van der Waals surface area contributed by atoms with Crippen LogP contribution in [0.1, 0.15) is 26.7 Å². The molecule has 1 amide bonds. The maximum absolute atomic E-state index is 11.8. The first-order valence-corrected chi connectivity index (χ1v) is 6.10. The van der Waals surface area contributed by atoms with Gasteiger partial charge in [0.15, 0.2) is 0 Å². The van der Waals surface area contributed by atoms with Crippen molar-refractivity contribution in [1.29, 1.82) is 0 Å². The largest absolute Gasteiger partial charge is 0.385 e. The van der Waals surface area contributed by atoms with Gasteiger partial charge in [0.05, 0.1) is 18.8 Å². The Bertz CT molecular complexity index is 210. The summed E-state index contributed by atoms with van der Waals surface area (Å²) in [5.41, 5.74) is 5.80. The molecule has 0 aliphatic carbocycles. The average molecular weight is 246 g/mol. The molecule has 102 valence electrons. The van der Waals surface area contributed by atoms with Gasteiger partial charge in [-0.15, -0.1) is 0 Å². The van der Waals surface area contributed by atoms with Gasteiger partial charge in [-0.3, -0.25) is 4.79 Å². The Hall–Kier alpha value is -0.650. The van der Waals surface area contributed by atoms with Crippen molar-refractivity contribution in [2.75, 3.05) is 33.9 Å². The molecule has 0 radical (unpaired) electrons. The number of likely N-dealkylation sites (N-methyl/N-ethyl adjacent to an activating group) is 1. The Morgan fingerprint density at radius 1 is 1.35 bits per heavy atom. The third-order valence-electron chi connectivity index (χ3n) is 2.43. The highest BCUT2D eigenvalue weighted by atomic mass is 16.5. The lowest BCUT2D eigenvalue weighted by Gasteiger charge is -2.21. The van der Waals surface area contributed by atoms with Gasteiger partial charge in [-0.25, -0.2) is 0 Å². The number of rotatable bonds is 9. The highest BCUT2D eigenvalue weighted by molar-refractivity contribution is 5.81. The molecule has 0 fully saturated rings. The van der Waals surface area contributed by atoms with Gasteiger partial charge in [0, 0.05) is 27.3 Å². The predicted molar refractivity (Wildman–Crippen MR) is 67.8 cm³/mol. The molecule has 0 aliphatic heterocycles.